The van der Waals surface area contributed by atoms with Crippen molar-refractivity contribution in [2.24, 2.45) is 4.99 Å². The highest BCUT2D eigenvalue weighted by Gasteiger charge is 2.03. The largest absolute Gasteiger partial charge is 0.546 e. The summed E-state index contributed by atoms with van der Waals surface area (Å²) in [5, 5.41) is 0. The van der Waals surface area contributed by atoms with Crippen molar-refractivity contribution in [2.45, 2.75) is 20.0 Å². The first kappa shape index (κ1) is 13.4. The van der Waals surface area contributed by atoms with Crippen LogP contribution in [0.15, 0.2) is 41.7 Å². The average Bonchev–Trinajstić information content (AvgIpc) is 2.39. The van der Waals surface area contributed by atoms with Crippen LogP contribution in [0, 0.1) is 6.92 Å². The van der Waals surface area contributed by atoms with Crippen LogP contribution in [0.1, 0.15) is 11.4 Å². The van der Waals surface area contributed by atoms with Gasteiger partial charge < -0.3 is 4.43 Å². The van der Waals surface area contributed by atoms with Crippen LogP contribution in [0.3, 0.4) is 0 Å². The quantitative estimate of drug-likeness (QED) is 0.634. The Balaban J connectivity index is 2.20. The van der Waals surface area contributed by atoms with Crippen molar-refractivity contribution in [2.75, 3.05) is 0 Å². The topological polar surface area (TPSA) is 47.4 Å². The Morgan fingerprint density at radius 2 is 1.95 bits per heavy atom. The van der Waals surface area contributed by atoms with Crippen LogP contribution in [0.5, 0.6) is 5.75 Å². The normalized spacial score (nSPS) is 11.2. The third-order valence-corrected chi connectivity index (χ3v) is 3.09. The van der Waals surface area contributed by atoms with Crippen LogP contribution in [0.25, 0.3) is 0 Å². The van der Waals surface area contributed by atoms with Gasteiger partial charge in [0.2, 0.25) is 9.04 Å². The molecule has 0 aliphatic rings. The maximum absolute atomic E-state index is 5.84. The molecule has 0 unspecified atom stereocenters. The van der Waals surface area contributed by atoms with E-state index in [0.29, 0.717) is 0 Å². The predicted molar refractivity (Wildman–Crippen MR) is 80.0 cm³/mol. The molecule has 2 aromatic rings. The van der Waals surface area contributed by atoms with Crippen molar-refractivity contribution in [3.63, 3.8) is 0 Å². The van der Waals surface area contributed by atoms with Gasteiger partial charge in [0.25, 0.3) is 0 Å². The number of para-hydroxylation sites is 2. The minimum Gasteiger partial charge on any atom is -0.546 e. The number of aliphatic imine (C=N–C) groups is 1. The zero-order valence-electron chi connectivity index (χ0n) is 11.4. The van der Waals surface area contributed by atoms with Gasteiger partial charge in [0.05, 0.1) is 23.8 Å². The summed E-state index contributed by atoms with van der Waals surface area (Å²) in [4.78, 5) is 12.9. The highest BCUT2D eigenvalue weighted by atomic mass is 28.3. The molecule has 0 bridgehead atoms. The third kappa shape index (κ3) is 3.99. The van der Waals surface area contributed by atoms with Crippen molar-refractivity contribution in [3.05, 3.63) is 48.0 Å². The first-order chi connectivity index (χ1) is 9.15. The van der Waals surface area contributed by atoms with Crippen molar-refractivity contribution in [1.29, 1.82) is 0 Å². The minimum absolute atomic E-state index is 0.738. The van der Waals surface area contributed by atoms with E-state index in [2.05, 4.69) is 28.1 Å². The van der Waals surface area contributed by atoms with Crippen LogP contribution in [-0.2, 0) is 0 Å². The fraction of sp³-hybridized carbons (Fsp3) is 0.214. The van der Waals surface area contributed by atoms with Crippen LogP contribution in [-0.4, -0.2) is 25.2 Å². The smallest absolute Gasteiger partial charge is 0.229 e. The van der Waals surface area contributed by atoms with E-state index >= 15 is 0 Å². The summed E-state index contributed by atoms with van der Waals surface area (Å²) in [6.45, 7) is 6.17. The average molecular weight is 271 g/mol. The Labute approximate surface area is 114 Å². The SMILES string of the molecule is Cc1cnc(C=Nc2ccccc2O[SiH](C)C)cn1. The summed E-state index contributed by atoms with van der Waals surface area (Å²) < 4.78 is 5.84. The lowest BCUT2D eigenvalue weighted by molar-refractivity contribution is 0.582. The number of nitrogens with zero attached hydrogens (tertiary/aromatic N) is 3. The van der Waals surface area contributed by atoms with Gasteiger partial charge in [-0.1, -0.05) is 12.1 Å². The van der Waals surface area contributed by atoms with Gasteiger partial charge in [-0.2, -0.15) is 0 Å². The standard InChI is InChI=1S/C14H17N3OSi/c1-11-8-16-12(9-15-11)10-17-13-6-4-5-7-14(13)18-19(2)3/h4-10,19H,1-3H3. The summed E-state index contributed by atoms with van der Waals surface area (Å²) in [5.74, 6) is 0.834. The third-order valence-electron chi connectivity index (χ3n) is 2.36. The number of aromatic nitrogens is 2. The monoisotopic (exact) mass is 271 g/mol. The van der Waals surface area contributed by atoms with Gasteiger partial charge in [-0.05, 0) is 32.2 Å². The van der Waals surface area contributed by atoms with E-state index in [9.17, 15) is 0 Å². The van der Waals surface area contributed by atoms with Crippen LogP contribution < -0.4 is 4.43 Å². The minimum atomic E-state index is -1.13. The molecular formula is C14H17N3OSi. The molecule has 5 heteroatoms. The Hall–Kier alpha value is -2.01. The molecule has 1 heterocycles. The lowest BCUT2D eigenvalue weighted by Crippen LogP contribution is -2.11. The molecule has 0 aliphatic carbocycles. The molecule has 0 spiro atoms. The Bertz CT molecular complexity index is 567. The number of hydrogen-bond acceptors (Lipinski definition) is 4. The second-order valence-electron chi connectivity index (χ2n) is 4.48. The van der Waals surface area contributed by atoms with E-state index in [4.69, 9.17) is 4.43 Å². The molecule has 4 nitrogen and oxygen atoms in total. The van der Waals surface area contributed by atoms with Crippen molar-refractivity contribution in [3.8, 4) is 5.75 Å². The number of hydrogen-bond donors (Lipinski definition) is 0. The van der Waals surface area contributed by atoms with E-state index in [0.717, 1.165) is 22.8 Å². The van der Waals surface area contributed by atoms with E-state index in [-0.39, 0.29) is 0 Å². The molecular weight excluding hydrogens is 254 g/mol. The summed E-state index contributed by atoms with van der Waals surface area (Å²) in [6, 6.07) is 7.78. The first-order valence-electron chi connectivity index (χ1n) is 6.23. The van der Waals surface area contributed by atoms with Gasteiger partial charge >= 0.3 is 0 Å². The highest BCUT2D eigenvalue weighted by molar-refractivity contribution is 6.49. The van der Waals surface area contributed by atoms with Crippen molar-refractivity contribution in [1.82, 2.24) is 9.97 Å². The van der Waals surface area contributed by atoms with Gasteiger partial charge in [0.15, 0.2) is 0 Å². The molecule has 0 fully saturated rings. The number of benzene rings is 1. The Kier molecular flexibility index (Phi) is 4.41. The van der Waals surface area contributed by atoms with Crippen LogP contribution in [0.4, 0.5) is 5.69 Å². The maximum Gasteiger partial charge on any atom is 0.229 e. The molecule has 2 rings (SSSR count). The van der Waals surface area contributed by atoms with E-state index in [1.807, 2.05) is 31.2 Å². The summed E-state index contributed by atoms with van der Waals surface area (Å²) in [6.07, 6.45) is 5.14. The zero-order chi connectivity index (χ0) is 13.7. The lowest BCUT2D eigenvalue weighted by Gasteiger charge is -2.11. The molecule has 1 aromatic carbocycles. The molecule has 0 amide bonds. The Morgan fingerprint density at radius 1 is 1.16 bits per heavy atom. The van der Waals surface area contributed by atoms with Gasteiger partial charge in [-0.25, -0.2) is 0 Å². The van der Waals surface area contributed by atoms with Gasteiger partial charge in [0, 0.05) is 6.20 Å². The number of rotatable bonds is 4. The lowest BCUT2D eigenvalue weighted by atomic mass is 10.3. The van der Waals surface area contributed by atoms with Crippen LogP contribution >= 0.6 is 0 Å². The molecule has 0 radical (unpaired) electrons. The summed E-state index contributed by atoms with van der Waals surface area (Å²) in [5.41, 5.74) is 2.46. The van der Waals surface area contributed by atoms with Gasteiger partial charge in [0.1, 0.15) is 11.4 Å². The van der Waals surface area contributed by atoms with Gasteiger partial charge in [-0.3, -0.25) is 15.0 Å². The van der Waals surface area contributed by atoms with E-state index < -0.39 is 9.04 Å². The van der Waals surface area contributed by atoms with E-state index in [1.54, 1.807) is 18.6 Å². The zero-order valence-corrected chi connectivity index (χ0v) is 12.5. The molecule has 98 valence electrons. The predicted octanol–water partition coefficient (Wildman–Crippen LogP) is 2.90. The van der Waals surface area contributed by atoms with E-state index in [1.165, 1.54) is 0 Å². The van der Waals surface area contributed by atoms with Crippen molar-refractivity contribution < 1.29 is 4.43 Å². The molecule has 1 aromatic heterocycles. The second kappa shape index (κ2) is 6.24. The molecule has 0 N–H and O–H groups in total. The fourth-order valence-corrected chi connectivity index (χ4v) is 2.23. The maximum atomic E-state index is 5.84. The van der Waals surface area contributed by atoms with Crippen molar-refractivity contribution >= 4 is 20.9 Å². The highest BCUT2D eigenvalue weighted by Crippen LogP contribution is 2.27. The molecule has 0 aliphatic heterocycles. The summed E-state index contributed by atoms with van der Waals surface area (Å²) in [7, 11) is -1.13. The van der Waals surface area contributed by atoms with Crippen LogP contribution in [0.2, 0.25) is 13.1 Å². The molecule has 19 heavy (non-hydrogen) atoms. The fourth-order valence-electron chi connectivity index (χ4n) is 1.52. The molecule has 0 saturated carbocycles. The molecule has 0 saturated heterocycles. The second-order valence-corrected chi connectivity index (χ2v) is 6.81. The number of aryl methyl sites for hydroxylation is 1. The van der Waals surface area contributed by atoms with Gasteiger partial charge in [-0.15, -0.1) is 0 Å². The Morgan fingerprint density at radius 3 is 2.63 bits per heavy atom. The molecule has 0 atom stereocenters. The first-order valence-corrected chi connectivity index (χ1v) is 9.01. The summed E-state index contributed by atoms with van der Waals surface area (Å²) >= 11 is 0.